The van der Waals surface area contributed by atoms with Crippen molar-refractivity contribution < 1.29 is 4.79 Å². The zero-order chi connectivity index (χ0) is 15.2. The van der Waals surface area contributed by atoms with E-state index in [2.05, 4.69) is 15.0 Å². The molecule has 0 saturated carbocycles. The topological polar surface area (TPSA) is 61.1 Å². The van der Waals surface area contributed by atoms with Gasteiger partial charge in [0, 0.05) is 0 Å². The van der Waals surface area contributed by atoms with E-state index in [1.54, 1.807) is 0 Å². The molecule has 0 fully saturated rings. The van der Waals surface area contributed by atoms with Crippen molar-refractivity contribution in [2.24, 2.45) is 10.2 Å². The molecule has 0 spiro atoms. The van der Waals surface area contributed by atoms with Gasteiger partial charge in [0.2, 0.25) is 0 Å². The van der Waals surface area contributed by atoms with E-state index in [0.29, 0.717) is 5.71 Å². The first-order valence-corrected chi connectivity index (χ1v) is 7.00. The summed E-state index contributed by atoms with van der Waals surface area (Å²) < 4.78 is 0. The minimum atomic E-state index is -0.398. The molecule has 2 aromatic carbocycles. The van der Waals surface area contributed by atoms with Crippen LogP contribution in [0, 0.1) is 0 Å². The Kier molecular flexibility index (Phi) is 4.14. The van der Waals surface area contributed by atoms with Crippen molar-refractivity contribution in [3.63, 3.8) is 0 Å². The molecule has 0 aliphatic heterocycles. The van der Waals surface area contributed by atoms with E-state index in [0.717, 1.165) is 16.8 Å². The van der Waals surface area contributed by atoms with Crippen molar-refractivity contribution in [1.29, 1.82) is 0 Å². The van der Waals surface area contributed by atoms with Crippen LogP contribution in [-0.4, -0.2) is 16.5 Å². The predicted molar refractivity (Wildman–Crippen MR) is 86.9 cm³/mol. The monoisotopic (exact) mass is 286 g/mol. The van der Waals surface area contributed by atoms with Crippen LogP contribution in [-0.2, 0) is 0 Å². The summed E-state index contributed by atoms with van der Waals surface area (Å²) in [7, 11) is 0. The van der Waals surface area contributed by atoms with Crippen molar-refractivity contribution in [2.75, 3.05) is 0 Å². The third-order valence-electron chi connectivity index (χ3n) is 3.36. The third kappa shape index (κ3) is 2.97. The number of rotatable bonds is 3. The van der Waals surface area contributed by atoms with Crippen LogP contribution < -0.4 is 0 Å². The summed E-state index contributed by atoms with van der Waals surface area (Å²) in [6.07, 6.45) is 5.68. The first kappa shape index (κ1) is 13.9. The van der Waals surface area contributed by atoms with E-state index in [4.69, 9.17) is 0 Å². The van der Waals surface area contributed by atoms with Gasteiger partial charge in [-0.15, -0.1) is 0 Å². The van der Waals surface area contributed by atoms with Gasteiger partial charge < -0.3 is 5.53 Å². The summed E-state index contributed by atoms with van der Waals surface area (Å²) in [5.74, 6) is 0. The lowest BCUT2D eigenvalue weighted by atomic mass is 9.93. The maximum atomic E-state index is 9.40. The van der Waals surface area contributed by atoms with Crippen LogP contribution in [0.25, 0.3) is 11.1 Å². The molecule has 0 N–H and O–H groups in total. The lowest BCUT2D eigenvalue weighted by molar-refractivity contribution is -0.00579. The molecule has 3 rings (SSSR count). The lowest BCUT2D eigenvalue weighted by Gasteiger charge is -2.10. The van der Waals surface area contributed by atoms with Crippen LogP contribution in [0.15, 0.2) is 89.1 Å². The van der Waals surface area contributed by atoms with Gasteiger partial charge in [-0.1, -0.05) is 54.6 Å². The van der Waals surface area contributed by atoms with Gasteiger partial charge in [-0.2, -0.15) is 15.0 Å². The molecule has 4 heteroatoms. The van der Waals surface area contributed by atoms with Gasteiger partial charge in [-0.05, 0) is 29.8 Å². The molecule has 1 atom stereocenters. The second kappa shape index (κ2) is 6.57. The maximum Gasteiger partial charge on any atom is 0.329 e. The summed E-state index contributed by atoms with van der Waals surface area (Å²) in [4.78, 5) is 3.44. The fourth-order valence-corrected chi connectivity index (χ4v) is 2.28. The molecular weight excluding hydrogens is 272 g/mol. The summed E-state index contributed by atoms with van der Waals surface area (Å²) in [6, 6.07) is 18.9. The summed E-state index contributed by atoms with van der Waals surface area (Å²) in [5.41, 5.74) is 12.5. The second-order valence-electron chi connectivity index (χ2n) is 4.81. The minimum absolute atomic E-state index is 0.398. The number of hydrogen-bond donors (Lipinski definition) is 0. The third-order valence-corrected chi connectivity index (χ3v) is 3.36. The van der Waals surface area contributed by atoms with Crippen molar-refractivity contribution >= 4 is 17.0 Å². The lowest BCUT2D eigenvalue weighted by Crippen LogP contribution is -2.21. The Balaban J connectivity index is 1.89. The molecule has 1 unspecified atom stereocenters. The normalized spacial score (nSPS) is 17.4. The number of azo groups is 1. The Morgan fingerprint density at radius 1 is 0.909 bits per heavy atom. The van der Waals surface area contributed by atoms with Gasteiger partial charge in [0.1, 0.15) is 0 Å². The van der Waals surface area contributed by atoms with E-state index in [1.165, 1.54) is 0 Å². The molecule has 0 heterocycles. The highest BCUT2D eigenvalue weighted by molar-refractivity contribution is 6.25. The van der Waals surface area contributed by atoms with Crippen LogP contribution in [0.5, 0.6) is 0 Å². The Bertz CT molecular complexity index is 782. The zero-order valence-corrected chi connectivity index (χ0v) is 11.9. The van der Waals surface area contributed by atoms with Crippen molar-refractivity contribution in [3.05, 3.63) is 90.0 Å². The number of allylic oxidation sites excluding steroid dienone is 2. The highest BCUT2D eigenvalue weighted by Crippen LogP contribution is 2.23. The highest BCUT2D eigenvalue weighted by atomic mass is 15.1. The van der Waals surface area contributed by atoms with Crippen molar-refractivity contribution in [1.82, 2.24) is 0 Å². The quantitative estimate of drug-likeness (QED) is 0.590. The average Bonchev–Trinajstić information content (AvgIpc) is 2.61. The summed E-state index contributed by atoms with van der Waals surface area (Å²) in [5, 5.41) is 8.50. The number of hydrogen-bond acceptors (Lipinski definition) is 2. The molecule has 4 nitrogen and oxygen atoms in total. The fraction of sp³-hybridized carbons (Fsp3) is 0.0556. The standard InChI is InChI=1S/C18H14N4/c19-20-18-16(14-8-3-1-4-9-14)12-7-13-17(18)22-21-15-10-5-2-6-11-15/h1-13,17H. The molecule has 22 heavy (non-hydrogen) atoms. The van der Waals surface area contributed by atoms with E-state index in [1.807, 2.05) is 78.9 Å². The molecule has 0 amide bonds. The first-order valence-electron chi connectivity index (χ1n) is 7.00. The van der Waals surface area contributed by atoms with Crippen LogP contribution in [0.3, 0.4) is 0 Å². The van der Waals surface area contributed by atoms with Gasteiger partial charge in [0.15, 0.2) is 6.04 Å². The van der Waals surface area contributed by atoms with Crippen molar-refractivity contribution in [3.8, 4) is 0 Å². The Morgan fingerprint density at radius 3 is 2.27 bits per heavy atom. The number of nitrogens with zero attached hydrogens (tertiary/aromatic N) is 4. The van der Waals surface area contributed by atoms with Crippen LogP contribution in [0.2, 0.25) is 0 Å². The predicted octanol–water partition coefficient (Wildman–Crippen LogP) is 4.46. The van der Waals surface area contributed by atoms with E-state index in [-0.39, 0.29) is 0 Å². The summed E-state index contributed by atoms with van der Waals surface area (Å²) in [6.45, 7) is 0. The molecule has 2 aromatic rings. The molecule has 106 valence electrons. The fourth-order valence-electron chi connectivity index (χ4n) is 2.28. The Morgan fingerprint density at radius 2 is 1.59 bits per heavy atom. The molecule has 1 aliphatic carbocycles. The van der Waals surface area contributed by atoms with Crippen LogP contribution >= 0.6 is 0 Å². The number of benzene rings is 2. The molecule has 0 saturated heterocycles. The smallest absolute Gasteiger partial charge is 0.329 e. The van der Waals surface area contributed by atoms with Gasteiger partial charge >= 0.3 is 5.71 Å². The van der Waals surface area contributed by atoms with Gasteiger partial charge in [-0.3, -0.25) is 0 Å². The molecule has 0 aromatic heterocycles. The largest absolute Gasteiger partial charge is 0.361 e. The van der Waals surface area contributed by atoms with E-state index < -0.39 is 6.04 Å². The molecule has 0 bridgehead atoms. The first-order chi connectivity index (χ1) is 10.9. The van der Waals surface area contributed by atoms with Gasteiger partial charge in [0.05, 0.1) is 11.3 Å². The van der Waals surface area contributed by atoms with Gasteiger partial charge in [0.25, 0.3) is 0 Å². The molecule has 0 radical (unpaired) electrons. The van der Waals surface area contributed by atoms with Crippen molar-refractivity contribution in [2.45, 2.75) is 6.04 Å². The Hall–Kier alpha value is -3.10. The van der Waals surface area contributed by atoms with Crippen LogP contribution in [0.1, 0.15) is 5.56 Å². The Labute approximate surface area is 128 Å². The summed E-state index contributed by atoms with van der Waals surface area (Å²) >= 11 is 0. The highest BCUT2D eigenvalue weighted by Gasteiger charge is 2.28. The van der Waals surface area contributed by atoms with E-state index in [9.17, 15) is 5.53 Å². The van der Waals surface area contributed by atoms with Gasteiger partial charge in [-0.25, -0.2) is 0 Å². The minimum Gasteiger partial charge on any atom is -0.361 e. The van der Waals surface area contributed by atoms with Crippen LogP contribution in [0.4, 0.5) is 5.69 Å². The average molecular weight is 286 g/mol. The molecule has 1 aliphatic rings. The zero-order valence-electron chi connectivity index (χ0n) is 11.9. The second-order valence-corrected chi connectivity index (χ2v) is 4.81. The molecular formula is C18H14N4. The maximum absolute atomic E-state index is 9.40. The SMILES string of the molecule is [N-]=[N+]=C1C(c2ccccc2)=CC=CC1N=Nc1ccccc1. The van der Waals surface area contributed by atoms with E-state index >= 15 is 0 Å².